The average molecular weight is 445 g/mol. The number of aryl methyl sites for hydroxylation is 1. The van der Waals surface area contributed by atoms with Gasteiger partial charge in [-0.1, -0.05) is 22.0 Å². The summed E-state index contributed by atoms with van der Waals surface area (Å²) in [5, 5.41) is 14.6. The van der Waals surface area contributed by atoms with Crippen molar-refractivity contribution in [2.45, 2.75) is 19.4 Å². The first-order valence-electron chi connectivity index (χ1n) is 8.51. The summed E-state index contributed by atoms with van der Waals surface area (Å²) in [6, 6.07) is 10.4. The van der Waals surface area contributed by atoms with E-state index < -0.39 is 0 Å². The van der Waals surface area contributed by atoms with Crippen molar-refractivity contribution in [2.75, 3.05) is 7.11 Å². The summed E-state index contributed by atoms with van der Waals surface area (Å²) >= 11 is 3.38. The first kappa shape index (κ1) is 18.5. The maximum absolute atomic E-state index is 12.8. The topological polar surface area (TPSA) is 98.0 Å². The highest BCUT2D eigenvalue weighted by molar-refractivity contribution is 9.10. The molecule has 2 aromatic carbocycles. The van der Waals surface area contributed by atoms with E-state index in [1.54, 1.807) is 37.3 Å². The number of hydroxylamine groups is 1. The van der Waals surface area contributed by atoms with Gasteiger partial charge in [0.25, 0.3) is 5.56 Å². The summed E-state index contributed by atoms with van der Waals surface area (Å²) in [6.07, 6.45) is 0.0999. The summed E-state index contributed by atoms with van der Waals surface area (Å²) in [5.74, 6) is 1.40. The summed E-state index contributed by atoms with van der Waals surface area (Å²) in [7, 11) is 1.49. The van der Waals surface area contributed by atoms with Crippen LogP contribution in [-0.2, 0) is 4.84 Å². The van der Waals surface area contributed by atoms with Crippen LogP contribution in [0, 0.1) is 6.92 Å². The maximum Gasteiger partial charge on any atom is 0.282 e. The van der Waals surface area contributed by atoms with Crippen LogP contribution in [0.1, 0.15) is 23.9 Å². The zero-order valence-corrected chi connectivity index (χ0v) is 16.7. The van der Waals surface area contributed by atoms with E-state index >= 15 is 0 Å². The number of phenols is 1. The minimum absolute atomic E-state index is 0.0571. The molecule has 3 aromatic rings. The van der Waals surface area contributed by atoms with Gasteiger partial charge in [0.2, 0.25) is 0 Å². The lowest BCUT2D eigenvalue weighted by atomic mass is 10.1. The molecule has 1 aliphatic rings. The zero-order valence-electron chi connectivity index (χ0n) is 15.1. The Labute approximate surface area is 168 Å². The standard InChI is InChI=1S/C19H17BrN4O4/c1-10-21-14-5-4-12(20)8-13(14)19(26)24(10)22-18-9-16(28-23-18)11-3-6-15(25)17(7-11)27-2/h3-8,16,25H,9H2,1-2H3,(H,22,23). The highest BCUT2D eigenvalue weighted by atomic mass is 79.9. The predicted octanol–water partition coefficient (Wildman–Crippen LogP) is 3.01. The lowest BCUT2D eigenvalue weighted by Crippen LogP contribution is -2.24. The molecule has 1 unspecified atom stereocenters. The van der Waals surface area contributed by atoms with Crippen LogP contribution in [0.25, 0.3) is 10.9 Å². The second kappa shape index (κ2) is 7.25. The fourth-order valence-corrected chi connectivity index (χ4v) is 3.40. The normalized spacial score (nSPS) is 17.8. The molecule has 9 heteroatoms. The average Bonchev–Trinajstić information content (AvgIpc) is 3.15. The SMILES string of the molecule is COc1cc(C2CC(=Nn3c(C)nc4ccc(Br)cc4c3=O)NO2)ccc1O. The Hall–Kier alpha value is -2.91. The minimum Gasteiger partial charge on any atom is -0.504 e. The van der Waals surface area contributed by atoms with Crippen molar-refractivity contribution in [1.29, 1.82) is 0 Å². The highest BCUT2D eigenvalue weighted by Gasteiger charge is 2.25. The Kier molecular flexibility index (Phi) is 4.78. The number of benzene rings is 2. The van der Waals surface area contributed by atoms with E-state index in [1.165, 1.54) is 11.8 Å². The van der Waals surface area contributed by atoms with Crippen LogP contribution in [-0.4, -0.2) is 27.7 Å². The molecule has 0 aliphatic carbocycles. The van der Waals surface area contributed by atoms with Gasteiger partial charge in [-0.05, 0) is 42.8 Å². The summed E-state index contributed by atoms with van der Waals surface area (Å²) in [5.41, 5.74) is 3.95. The van der Waals surface area contributed by atoms with E-state index in [-0.39, 0.29) is 17.4 Å². The Morgan fingerprint density at radius 1 is 1.36 bits per heavy atom. The van der Waals surface area contributed by atoms with Gasteiger partial charge in [0.1, 0.15) is 17.8 Å². The van der Waals surface area contributed by atoms with Crippen LogP contribution < -0.4 is 15.8 Å². The van der Waals surface area contributed by atoms with E-state index in [4.69, 9.17) is 9.57 Å². The number of phenolic OH excluding ortho intramolecular Hbond substituents is 1. The summed E-state index contributed by atoms with van der Waals surface area (Å²) in [6.45, 7) is 1.73. The number of aromatic hydroxyl groups is 1. The number of nitrogens with one attached hydrogen (secondary N) is 1. The van der Waals surface area contributed by atoms with Crippen LogP contribution in [0.4, 0.5) is 0 Å². The molecule has 0 spiro atoms. The van der Waals surface area contributed by atoms with Crippen molar-refractivity contribution < 1.29 is 14.7 Å². The van der Waals surface area contributed by atoms with Crippen LogP contribution in [0.5, 0.6) is 11.5 Å². The number of hydrogen-bond acceptors (Lipinski definition) is 6. The third-order valence-electron chi connectivity index (χ3n) is 4.46. The highest BCUT2D eigenvalue weighted by Crippen LogP contribution is 2.32. The molecule has 1 aromatic heterocycles. The lowest BCUT2D eigenvalue weighted by Gasteiger charge is -2.10. The molecule has 1 saturated heterocycles. The molecule has 1 aliphatic heterocycles. The number of aromatic nitrogens is 2. The van der Waals surface area contributed by atoms with Gasteiger partial charge >= 0.3 is 0 Å². The third kappa shape index (κ3) is 3.34. The Morgan fingerprint density at radius 2 is 2.18 bits per heavy atom. The maximum atomic E-state index is 12.8. The molecule has 144 valence electrons. The molecular formula is C19H17BrN4O4. The number of fused-ring (bicyclic) bond motifs is 1. The number of amidine groups is 1. The van der Waals surface area contributed by atoms with Crippen molar-refractivity contribution in [1.82, 2.24) is 15.1 Å². The van der Waals surface area contributed by atoms with Crippen LogP contribution >= 0.6 is 15.9 Å². The van der Waals surface area contributed by atoms with E-state index in [0.29, 0.717) is 34.7 Å². The van der Waals surface area contributed by atoms with Crippen LogP contribution in [0.3, 0.4) is 0 Å². The molecule has 0 amide bonds. The van der Waals surface area contributed by atoms with E-state index in [9.17, 15) is 9.90 Å². The van der Waals surface area contributed by atoms with Gasteiger partial charge in [0.15, 0.2) is 11.5 Å². The Morgan fingerprint density at radius 3 is 2.96 bits per heavy atom. The Balaban J connectivity index is 1.67. The predicted molar refractivity (Wildman–Crippen MR) is 108 cm³/mol. The van der Waals surface area contributed by atoms with Crippen LogP contribution in [0.2, 0.25) is 0 Å². The molecule has 8 nitrogen and oxygen atoms in total. The van der Waals surface area contributed by atoms with Crippen molar-refractivity contribution in [2.24, 2.45) is 5.10 Å². The van der Waals surface area contributed by atoms with Gasteiger partial charge in [-0.2, -0.15) is 4.68 Å². The molecule has 0 saturated carbocycles. The van der Waals surface area contributed by atoms with Gasteiger partial charge in [0.05, 0.1) is 18.0 Å². The molecule has 2 N–H and O–H groups in total. The minimum atomic E-state index is -0.327. The Bertz CT molecular complexity index is 1160. The van der Waals surface area contributed by atoms with Gasteiger partial charge < -0.3 is 9.84 Å². The van der Waals surface area contributed by atoms with E-state index in [0.717, 1.165) is 10.0 Å². The molecule has 1 fully saturated rings. The van der Waals surface area contributed by atoms with Gasteiger partial charge in [-0.3, -0.25) is 15.1 Å². The molecule has 2 heterocycles. The second-order valence-corrected chi connectivity index (χ2v) is 7.24. The number of rotatable bonds is 3. The molecule has 0 bridgehead atoms. The van der Waals surface area contributed by atoms with Crippen molar-refractivity contribution in [3.05, 3.63) is 62.6 Å². The largest absolute Gasteiger partial charge is 0.504 e. The smallest absolute Gasteiger partial charge is 0.282 e. The number of hydrogen-bond donors (Lipinski definition) is 2. The first-order valence-corrected chi connectivity index (χ1v) is 9.31. The third-order valence-corrected chi connectivity index (χ3v) is 4.96. The number of methoxy groups -OCH3 is 1. The number of halogens is 1. The molecule has 4 rings (SSSR count). The molecule has 1 atom stereocenters. The number of ether oxygens (including phenoxy) is 1. The second-order valence-electron chi connectivity index (χ2n) is 6.33. The molecular weight excluding hydrogens is 428 g/mol. The zero-order chi connectivity index (χ0) is 19.8. The van der Waals surface area contributed by atoms with Crippen molar-refractivity contribution in [3.63, 3.8) is 0 Å². The van der Waals surface area contributed by atoms with Crippen molar-refractivity contribution >= 4 is 32.7 Å². The molecule has 28 heavy (non-hydrogen) atoms. The monoisotopic (exact) mass is 444 g/mol. The lowest BCUT2D eigenvalue weighted by molar-refractivity contribution is 0.0446. The summed E-state index contributed by atoms with van der Waals surface area (Å²) in [4.78, 5) is 22.9. The van der Waals surface area contributed by atoms with Gasteiger partial charge in [0, 0.05) is 10.9 Å². The van der Waals surface area contributed by atoms with E-state index in [1.807, 2.05) is 6.07 Å². The van der Waals surface area contributed by atoms with Gasteiger partial charge in [-0.15, -0.1) is 5.10 Å². The van der Waals surface area contributed by atoms with E-state index in [2.05, 4.69) is 31.5 Å². The van der Waals surface area contributed by atoms with Gasteiger partial charge in [-0.25, -0.2) is 4.98 Å². The quantitative estimate of drug-likeness (QED) is 0.644. The van der Waals surface area contributed by atoms with Crippen molar-refractivity contribution in [3.8, 4) is 11.5 Å². The molecule has 0 radical (unpaired) electrons. The summed E-state index contributed by atoms with van der Waals surface area (Å²) < 4.78 is 7.20. The fourth-order valence-electron chi connectivity index (χ4n) is 3.04. The first-order chi connectivity index (χ1) is 13.5. The van der Waals surface area contributed by atoms with Crippen LogP contribution in [0.15, 0.2) is 50.8 Å². The number of nitrogens with zero attached hydrogens (tertiary/aromatic N) is 3. The fraction of sp³-hybridized carbons (Fsp3) is 0.211.